The number of nitro groups is 1. The lowest BCUT2D eigenvalue weighted by molar-refractivity contribution is -0.385. The SMILES string of the molecule is Cc1ccc(NC(=O)C2=NCCCN2)cc1[N+](=O)[O-]. The molecule has 0 radical (unpaired) electrons. The van der Waals surface area contributed by atoms with E-state index in [0.29, 0.717) is 24.3 Å². The normalized spacial score (nSPS) is 14.3. The fourth-order valence-corrected chi connectivity index (χ4v) is 1.76. The Labute approximate surface area is 109 Å². The van der Waals surface area contributed by atoms with Crippen LogP contribution in [0.5, 0.6) is 0 Å². The van der Waals surface area contributed by atoms with Crippen molar-refractivity contribution in [3.63, 3.8) is 0 Å². The van der Waals surface area contributed by atoms with Crippen molar-refractivity contribution in [1.29, 1.82) is 0 Å². The molecule has 2 rings (SSSR count). The Morgan fingerprint density at radius 2 is 2.32 bits per heavy atom. The van der Waals surface area contributed by atoms with Crippen molar-refractivity contribution >= 4 is 23.1 Å². The molecule has 0 aromatic heterocycles. The molecule has 0 saturated carbocycles. The van der Waals surface area contributed by atoms with Gasteiger partial charge in [0.15, 0.2) is 5.84 Å². The first kappa shape index (κ1) is 13.0. The molecule has 7 nitrogen and oxygen atoms in total. The Balaban J connectivity index is 2.15. The topological polar surface area (TPSA) is 96.6 Å². The van der Waals surface area contributed by atoms with Crippen molar-refractivity contribution in [3.8, 4) is 0 Å². The molecule has 0 unspecified atom stereocenters. The summed E-state index contributed by atoms with van der Waals surface area (Å²) in [5, 5.41) is 16.3. The lowest BCUT2D eigenvalue weighted by Gasteiger charge is -2.14. The van der Waals surface area contributed by atoms with E-state index in [-0.39, 0.29) is 17.4 Å². The van der Waals surface area contributed by atoms with E-state index >= 15 is 0 Å². The lowest BCUT2D eigenvalue weighted by Crippen LogP contribution is -2.39. The highest BCUT2D eigenvalue weighted by molar-refractivity contribution is 6.42. The van der Waals surface area contributed by atoms with E-state index in [0.717, 1.165) is 6.42 Å². The maximum atomic E-state index is 11.9. The molecule has 19 heavy (non-hydrogen) atoms. The van der Waals surface area contributed by atoms with Crippen LogP contribution in [0, 0.1) is 17.0 Å². The molecule has 100 valence electrons. The van der Waals surface area contributed by atoms with Gasteiger partial charge < -0.3 is 10.6 Å². The van der Waals surface area contributed by atoms with Gasteiger partial charge in [-0.3, -0.25) is 19.9 Å². The van der Waals surface area contributed by atoms with Crippen LogP contribution in [0.15, 0.2) is 23.2 Å². The fraction of sp³-hybridized carbons (Fsp3) is 0.333. The second-order valence-corrected chi connectivity index (χ2v) is 4.22. The first-order valence-corrected chi connectivity index (χ1v) is 5.92. The van der Waals surface area contributed by atoms with E-state index in [2.05, 4.69) is 15.6 Å². The number of rotatable bonds is 3. The first-order valence-electron chi connectivity index (χ1n) is 5.92. The Kier molecular flexibility index (Phi) is 3.74. The molecular weight excluding hydrogens is 248 g/mol. The van der Waals surface area contributed by atoms with Crippen LogP contribution in [0.25, 0.3) is 0 Å². The van der Waals surface area contributed by atoms with Gasteiger partial charge in [-0.1, -0.05) is 6.07 Å². The predicted molar refractivity (Wildman–Crippen MR) is 71.4 cm³/mol. The van der Waals surface area contributed by atoms with Crippen molar-refractivity contribution in [1.82, 2.24) is 5.32 Å². The van der Waals surface area contributed by atoms with Gasteiger partial charge in [-0.25, -0.2) is 0 Å². The summed E-state index contributed by atoms with van der Waals surface area (Å²) >= 11 is 0. The number of anilines is 1. The predicted octanol–water partition coefficient (Wildman–Crippen LogP) is 1.23. The molecule has 1 aromatic carbocycles. The van der Waals surface area contributed by atoms with Crippen LogP contribution in [0.1, 0.15) is 12.0 Å². The second-order valence-electron chi connectivity index (χ2n) is 4.22. The van der Waals surface area contributed by atoms with Crippen LogP contribution in [0.4, 0.5) is 11.4 Å². The quantitative estimate of drug-likeness (QED) is 0.632. The van der Waals surface area contributed by atoms with Crippen molar-refractivity contribution in [3.05, 3.63) is 33.9 Å². The number of amidine groups is 1. The van der Waals surface area contributed by atoms with Gasteiger partial charge in [-0.05, 0) is 19.4 Å². The summed E-state index contributed by atoms with van der Waals surface area (Å²) < 4.78 is 0. The van der Waals surface area contributed by atoms with Gasteiger partial charge in [0.25, 0.3) is 11.6 Å². The van der Waals surface area contributed by atoms with Crippen LogP contribution >= 0.6 is 0 Å². The number of nitro benzene ring substituents is 1. The molecule has 0 aliphatic carbocycles. The maximum Gasteiger partial charge on any atom is 0.290 e. The van der Waals surface area contributed by atoms with Gasteiger partial charge in [0.1, 0.15) is 0 Å². The Hall–Kier alpha value is -2.44. The monoisotopic (exact) mass is 262 g/mol. The number of hydrogen-bond donors (Lipinski definition) is 2. The van der Waals surface area contributed by atoms with E-state index in [1.807, 2.05) is 0 Å². The van der Waals surface area contributed by atoms with Crippen LogP contribution in [-0.4, -0.2) is 29.8 Å². The first-order chi connectivity index (χ1) is 9.08. The van der Waals surface area contributed by atoms with Gasteiger partial charge in [-0.2, -0.15) is 0 Å². The van der Waals surface area contributed by atoms with E-state index in [1.54, 1.807) is 19.1 Å². The molecular formula is C12H14N4O3. The Morgan fingerprint density at radius 1 is 1.53 bits per heavy atom. The molecule has 1 aliphatic rings. The summed E-state index contributed by atoms with van der Waals surface area (Å²) in [5.74, 6) is -0.104. The zero-order chi connectivity index (χ0) is 13.8. The maximum absolute atomic E-state index is 11.9. The number of carbonyl (C=O) groups excluding carboxylic acids is 1. The molecule has 1 amide bonds. The molecule has 2 N–H and O–H groups in total. The summed E-state index contributed by atoms with van der Waals surface area (Å²) in [6.07, 6.45) is 0.896. The van der Waals surface area contributed by atoms with E-state index in [4.69, 9.17) is 0 Å². The minimum atomic E-state index is -0.471. The number of nitrogens with one attached hydrogen (secondary N) is 2. The van der Waals surface area contributed by atoms with Crippen LogP contribution in [-0.2, 0) is 4.79 Å². The molecule has 0 spiro atoms. The third kappa shape index (κ3) is 3.06. The zero-order valence-corrected chi connectivity index (χ0v) is 10.5. The number of hydrogen-bond acceptors (Lipinski definition) is 5. The number of aryl methyl sites for hydroxylation is 1. The van der Waals surface area contributed by atoms with Crippen molar-refractivity contribution in [2.45, 2.75) is 13.3 Å². The van der Waals surface area contributed by atoms with Gasteiger partial charge in [0.05, 0.1) is 4.92 Å². The summed E-state index contributed by atoms with van der Waals surface area (Å²) in [6.45, 7) is 2.97. The largest absolute Gasteiger partial charge is 0.366 e. The highest BCUT2D eigenvalue weighted by Gasteiger charge is 2.16. The van der Waals surface area contributed by atoms with Gasteiger partial charge in [-0.15, -0.1) is 0 Å². The molecule has 0 bridgehead atoms. The third-order valence-corrected chi connectivity index (χ3v) is 2.78. The molecule has 1 aliphatic heterocycles. The smallest absolute Gasteiger partial charge is 0.290 e. The molecule has 0 saturated heterocycles. The van der Waals surface area contributed by atoms with Crippen molar-refractivity contribution in [2.24, 2.45) is 4.99 Å². The fourth-order valence-electron chi connectivity index (χ4n) is 1.76. The summed E-state index contributed by atoms with van der Waals surface area (Å²) in [7, 11) is 0. The van der Waals surface area contributed by atoms with Crippen LogP contribution in [0.2, 0.25) is 0 Å². The molecule has 0 fully saturated rings. The Morgan fingerprint density at radius 3 is 2.95 bits per heavy atom. The van der Waals surface area contributed by atoms with Crippen molar-refractivity contribution < 1.29 is 9.72 Å². The molecule has 1 aromatic rings. The number of carbonyl (C=O) groups is 1. The summed E-state index contributed by atoms with van der Waals surface area (Å²) in [6, 6.07) is 4.57. The lowest BCUT2D eigenvalue weighted by atomic mass is 10.2. The number of aliphatic imine (C=N–C) groups is 1. The van der Waals surface area contributed by atoms with E-state index in [1.165, 1.54) is 6.07 Å². The summed E-state index contributed by atoms with van der Waals surface area (Å²) in [4.78, 5) is 26.3. The minimum Gasteiger partial charge on any atom is -0.366 e. The highest BCUT2D eigenvalue weighted by atomic mass is 16.6. The van der Waals surface area contributed by atoms with Gasteiger partial charge >= 0.3 is 0 Å². The minimum absolute atomic E-state index is 0.0173. The van der Waals surface area contributed by atoms with Crippen LogP contribution < -0.4 is 10.6 Å². The Bertz CT molecular complexity index is 554. The van der Waals surface area contributed by atoms with Gasteiger partial charge in [0.2, 0.25) is 0 Å². The van der Waals surface area contributed by atoms with E-state index < -0.39 is 4.92 Å². The number of benzene rings is 1. The third-order valence-electron chi connectivity index (χ3n) is 2.78. The van der Waals surface area contributed by atoms with Gasteiger partial charge in [0, 0.05) is 30.4 Å². The molecule has 0 atom stereocenters. The second kappa shape index (κ2) is 5.47. The van der Waals surface area contributed by atoms with E-state index in [9.17, 15) is 14.9 Å². The number of amides is 1. The molecule has 1 heterocycles. The van der Waals surface area contributed by atoms with Crippen molar-refractivity contribution in [2.75, 3.05) is 18.4 Å². The summed E-state index contributed by atoms with van der Waals surface area (Å²) in [5.41, 5.74) is 0.921. The number of nitrogens with zero attached hydrogens (tertiary/aromatic N) is 2. The standard InChI is InChI=1S/C12H14N4O3/c1-8-3-4-9(7-10(8)16(18)19)15-12(17)11-13-5-2-6-14-11/h3-4,7H,2,5-6H2,1H3,(H,13,14)(H,15,17). The van der Waals surface area contributed by atoms with Crippen LogP contribution in [0.3, 0.4) is 0 Å². The highest BCUT2D eigenvalue weighted by Crippen LogP contribution is 2.22. The average Bonchev–Trinajstić information content (AvgIpc) is 2.41. The zero-order valence-electron chi connectivity index (χ0n) is 10.5. The molecule has 7 heteroatoms. The average molecular weight is 262 g/mol.